The zero-order chi connectivity index (χ0) is 13.8. The van der Waals surface area contributed by atoms with Gasteiger partial charge in [0, 0.05) is 25.9 Å². The number of rotatable bonds is 4. The topological polar surface area (TPSA) is 99.7 Å². The summed E-state index contributed by atoms with van der Waals surface area (Å²) < 4.78 is 0. The Labute approximate surface area is 111 Å². The molecule has 0 aliphatic carbocycles. The number of aromatic nitrogens is 1. The molecule has 0 spiro atoms. The van der Waals surface area contributed by atoms with Crippen LogP contribution in [0.4, 0.5) is 11.5 Å². The average molecular weight is 265 g/mol. The molecule has 1 aromatic rings. The van der Waals surface area contributed by atoms with Crippen molar-refractivity contribution in [3.8, 4) is 0 Å². The predicted molar refractivity (Wildman–Crippen MR) is 72.2 cm³/mol. The molecule has 1 fully saturated rings. The molecule has 6 nitrogen and oxygen atoms in total. The van der Waals surface area contributed by atoms with Gasteiger partial charge in [-0.3, -0.25) is 0 Å². The van der Waals surface area contributed by atoms with E-state index < -0.39 is 5.97 Å². The Balaban J connectivity index is 2.15. The molecule has 2 heterocycles. The number of anilines is 2. The summed E-state index contributed by atoms with van der Waals surface area (Å²) >= 11 is 0. The molecule has 1 unspecified atom stereocenters. The van der Waals surface area contributed by atoms with Crippen LogP contribution in [-0.2, 0) is 0 Å². The van der Waals surface area contributed by atoms with Crippen LogP contribution in [0.2, 0.25) is 0 Å². The second-order valence-corrected chi connectivity index (χ2v) is 4.91. The summed E-state index contributed by atoms with van der Waals surface area (Å²) in [6.07, 6.45) is 4.25. The number of nitrogens with two attached hydrogens (primary N) is 1. The number of carbonyl (C=O) groups is 1. The lowest BCUT2D eigenvalue weighted by atomic mass is 9.95. The lowest BCUT2D eigenvalue weighted by Crippen LogP contribution is -2.36. The Morgan fingerprint density at radius 1 is 1.58 bits per heavy atom. The molecule has 2 rings (SSSR count). The highest BCUT2D eigenvalue weighted by Crippen LogP contribution is 2.27. The second-order valence-electron chi connectivity index (χ2n) is 4.91. The first kappa shape index (κ1) is 13.6. The van der Waals surface area contributed by atoms with Crippen LogP contribution in [0.15, 0.2) is 12.3 Å². The summed E-state index contributed by atoms with van der Waals surface area (Å²) in [7, 11) is 0. The summed E-state index contributed by atoms with van der Waals surface area (Å²) in [4.78, 5) is 17.1. The minimum Gasteiger partial charge on any atom is -0.478 e. The lowest BCUT2D eigenvalue weighted by molar-refractivity contribution is 0.0696. The molecule has 4 N–H and O–H groups in total. The molecule has 0 bridgehead atoms. The van der Waals surface area contributed by atoms with Crippen molar-refractivity contribution in [1.29, 1.82) is 0 Å². The average Bonchev–Trinajstić information content (AvgIpc) is 2.39. The predicted octanol–water partition coefficient (Wildman–Crippen LogP) is 0.961. The number of hydrogen-bond donors (Lipinski definition) is 3. The number of aromatic carboxylic acids is 1. The van der Waals surface area contributed by atoms with Crippen molar-refractivity contribution in [3.05, 3.63) is 17.8 Å². The minimum absolute atomic E-state index is 0.102. The third-order valence-corrected chi connectivity index (χ3v) is 3.50. The van der Waals surface area contributed by atoms with Gasteiger partial charge in [-0.1, -0.05) is 0 Å². The van der Waals surface area contributed by atoms with Crippen molar-refractivity contribution >= 4 is 17.5 Å². The van der Waals surface area contributed by atoms with Crippen molar-refractivity contribution in [2.24, 2.45) is 5.92 Å². The number of hydrogen-bond acceptors (Lipinski definition) is 5. The molecule has 19 heavy (non-hydrogen) atoms. The normalized spacial score (nSPS) is 19.4. The van der Waals surface area contributed by atoms with Gasteiger partial charge >= 0.3 is 5.97 Å². The zero-order valence-electron chi connectivity index (χ0n) is 10.7. The smallest absolute Gasteiger partial charge is 0.337 e. The largest absolute Gasteiger partial charge is 0.478 e. The van der Waals surface area contributed by atoms with E-state index in [4.69, 9.17) is 15.9 Å². The SMILES string of the molecule is Nc1cc(C(=O)O)cnc1N1CCCC(CCO)C1. The fraction of sp³-hybridized carbons (Fsp3) is 0.538. The van der Waals surface area contributed by atoms with E-state index >= 15 is 0 Å². The second kappa shape index (κ2) is 5.88. The van der Waals surface area contributed by atoms with E-state index in [2.05, 4.69) is 9.88 Å². The number of carboxylic acid groups (broad SMARTS) is 1. The molecule has 1 aliphatic rings. The van der Waals surface area contributed by atoms with E-state index in [1.165, 1.54) is 12.3 Å². The van der Waals surface area contributed by atoms with Crippen LogP contribution < -0.4 is 10.6 Å². The summed E-state index contributed by atoms with van der Waals surface area (Å²) in [6.45, 7) is 1.87. The molecule has 1 aliphatic heterocycles. The first-order valence-electron chi connectivity index (χ1n) is 6.46. The Morgan fingerprint density at radius 2 is 2.37 bits per heavy atom. The van der Waals surface area contributed by atoms with Crippen molar-refractivity contribution in [1.82, 2.24) is 4.98 Å². The molecule has 1 aromatic heterocycles. The molecule has 104 valence electrons. The highest BCUT2D eigenvalue weighted by molar-refractivity contribution is 5.89. The van der Waals surface area contributed by atoms with Gasteiger partial charge in [0.1, 0.15) is 0 Å². The summed E-state index contributed by atoms with van der Waals surface area (Å²) in [6, 6.07) is 1.44. The molecule has 1 saturated heterocycles. The molecule has 0 amide bonds. The standard InChI is InChI=1S/C13H19N3O3/c14-11-6-10(13(18)19)7-15-12(11)16-4-1-2-9(8-16)3-5-17/h6-7,9,17H,1-5,8,14H2,(H,18,19). The number of nitrogen functional groups attached to an aromatic ring is 1. The van der Waals surface area contributed by atoms with Crippen molar-refractivity contribution in [3.63, 3.8) is 0 Å². The molecule has 6 heteroatoms. The van der Waals surface area contributed by atoms with E-state index in [1.807, 2.05) is 0 Å². The molecular formula is C13H19N3O3. The number of pyridine rings is 1. The van der Waals surface area contributed by atoms with Gasteiger partial charge in [-0.15, -0.1) is 0 Å². The first-order chi connectivity index (χ1) is 9.11. The highest BCUT2D eigenvalue weighted by atomic mass is 16.4. The number of nitrogens with zero attached hydrogens (tertiary/aromatic N) is 2. The van der Waals surface area contributed by atoms with Crippen LogP contribution in [0.5, 0.6) is 0 Å². The van der Waals surface area contributed by atoms with E-state index in [0.29, 0.717) is 17.4 Å². The first-order valence-corrected chi connectivity index (χ1v) is 6.46. The Hall–Kier alpha value is -1.82. The summed E-state index contributed by atoms with van der Waals surface area (Å²) in [5.74, 6) is 0.0642. The van der Waals surface area contributed by atoms with Crippen molar-refractivity contribution < 1.29 is 15.0 Å². The van der Waals surface area contributed by atoms with Crippen molar-refractivity contribution in [2.75, 3.05) is 30.3 Å². The van der Waals surface area contributed by atoms with Gasteiger partial charge in [-0.05, 0) is 31.2 Å². The van der Waals surface area contributed by atoms with Crippen LogP contribution in [-0.4, -0.2) is 40.9 Å². The van der Waals surface area contributed by atoms with Crippen LogP contribution in [0.1, 0.15) is 29.6 Å². The Bertz CT molecular complexity index is 462. The molecular weight excluding hydrogens is 246 g/mol. The van der Waals surface area contributed by atoms with Gasteiger partial charge < -0.3 is 20.8 Å². The summed E-state index contributed by atoms with van der Waals surface area (Å²) in [5.41, 5.74) is 6.39. The Morgan fingerprint density at radius 3 is 3.00 bits per heavy atom. The van der Waals surface area contributed by atoms with Crippen LogP contribution in [0.3, 0.4) is 0 Å². The van der Waals surface area contributed by atoms with E-state index in [-0.39, 0.29) is 12.2 Å². The Kier molecular flexibility index (Phi) is 4.21. The number of aliphatic hydroxyl groups is 1. The molecule has 0 saturated carbocycles. The summed E-state index contributed by atoms with van der Waals surface area (Å²) in [5, 5.41) is 17.9. The highest BCUT2D eigenvalue weighted by Gasteiger charge is 2.22. The van der Waals surface area contributed by atoms with Crippen LogP contribution >= 0.6 is 0 Å². The number of piperidine rings is 1. The van der Waals surface area contributed by atoms with E-state index in [9.17, 15) is 4.79 Å². The number of aliphatic hydroxyl groups excluding tert-OH is 1. The maximum absolute atomic E-state index is 10.8. The minimum atomic E-state index is -1.03. The third kappa shape index (κ3) is 3.14. The van der Waals surface area contributed by atoms with Crippen molar-refractivity contribution in [2.45, 2.75) is 19.3 Å². The van der Waals surface area contributed by atoms with Crippen LogP contribution in [0.25, 0.3) is 0 Å². The lowest BCUT2D eigenvalue weighted by Gasteiger charge is -2.34. The number of carboxylic acids is 1. The molecule has 0 radical (unpaired) electrons. The molecule has 0 aromatic carbocycles. The van der Waals surface area contributed by atoms with Gasteiger partial charge in [0.05, 0.1) is 11.3 Å². The maximum atomic E-state index is 10.8. The molecule has 1 atom stereocenters. The van der Waals surface area contributed by atoms with E-state index in [0.717, 1.165) is 32.4 Å². The maximum Gasteiger partial charge on any atom is 0.337 e. The fourth-order valence-electron chi connectivity index (χ4n) is 2.53. The van der Waals surface area contributed by atoms with E-state index in [1.54, 1.807) is 0 Å². The monoisotopic (exact) mass is 265 g/mol. The van der Waals surface area contributed by atoms with Gasteiger partial charge in [0.25, 0.3) is 0 Å². The van der Waals surface area contributed by atoms with Gasteiger partial charge in [-0.2, -0.15) is 0 Å². The zero-order valence-corrected chi connectivity index (χ0v) is 10.7. The third-order valence-electron chi connectivity index (χ3n) is 3.50. The fourth-order valence-corrected chi connectivity index (χ4v) is 2.53. The van der Waals surface area contributed by atoms with Gasteiger partial charge in [0.15, 0.2) is 5.82 Å². The van der Waals surface area contributed by atoms with Crippen LogP contribution in [0, 0.1) is 5.92 Å². The quantitative estimate of drug-likeness (QED) is 0.750. The van der Waals surface area contributed by atoms with Gasteiger partial charge in [0.2, 0.25) is 0 Å². The van der Waals surface area contributed by atoms with Gasteiger partial charge in [-0.25, -0.2) is 9.78 Å².